The van der Waals surface area contributed by atoms with Gasteiger partial charge in [0.2, 0.25) is 0 Å². The highest BCUT2D eigenvalue weighted by Gasteiger charge is 2.18. The van der Waals surface area contributed by atoms with Crippen LogP contribution in [0.1, 0.15) is 48.8 Å². The largest absolute Gasteiger partial charge is 0.490 e. The third-order valence-electron chi connectivity index (χ3n) is 6.55. The normalized spacial score (nSPS) is 15.1. The van der Waals surface area contributed by atoms with E-state index >= 15 is 0 Å². The number of benzene rings is 1. The van der Waals surface area contributed by atoms with E-state index in [1.807, 2.05) is 59.7 Å². The molecule has 0 radical (unpaired) electrons. The van der Waals surface area contributed by atoms with Crippen LogP contribution >= 0.6 is 0 Å². The zero-order valence-electron chi connectivity index (χ0n) is 20.5. The highest BCUT2D eigenvalue weighted by Crippen LogP contribution is 2.24. The summed E-state index contributed by atoms with van der Waals surface area (Å²) in [5.74, 6) is 0.785. The van der Waals surface area contributed by atoms with Gasteiger partial charge in [0.1, 0.15) is 11.9 Å². The molecule has 0 bridgehead atoms. The van der Waals surface area contributed by atoms with Gasteiger partial charge in [0.15, 0.2) is 5.78 Å². The summed E-state index contributed by atoms with van der Waals surface area (Å²) >= 11 is 0. The maximum Gasteiger partial charge on any atom is 0.168 e. The Balaban J connectivity index is 1.31. The molecule has 1 aromatic carbocycles. The maximum atomic E-state index is 13.1. The second kappa shape index (κ2) is 9.96. The molecule has 0 spiro atoms. The lowest BCUT2D eigenvalue weighted by Crippen LogP contribution is -2.35. The fraction of sp³-hybridized carbons (Fsp3) is 0.357. The molecule has 0 atom stereocenters. The Bertz CT molecular complexity index is 1340. The molecule has 4 aromatic rings. The van der Waals surface area contributed by atoms with Crippen molar-refractivity contribution in [3.05, 3.63) is 72.4 Å². The molecule has 35 heavy (non-hydrogen) atoms. The van der Waals surface area contributed by atoms with Crippen molar-refractivity contribution < 1.29 is 9.53 Å². The summed E-state index contributed by atoms with van der Waals surface area (Å²) < 4.78 is 8.08. The Labute approximate surface area is 205 Å². The minimum Gasteiger partial charge on any atom is -0.490 e. The maximum absolute atomic E-state index is 13.1. The number of carbonyl (C=O) groups is 1. The van der Waals surface area contributed by atoms with Crippen LogP contribution in [0.4, 0.5) is 0 Å². The summed E-state index contributed by atoms with van der Waals surface area (Å²) in [6.45, 7) is 6.26. The van der Waals surface area contributed by atoms with Crippen LogP contribution in [-0.4, -0.2) is 56.7 Å². The zero-order chi connectivity index (χ0) is 24.4. The fourth-order valence-corrected chi connectivity index (χ4v) is 4.40. The third-order valence-corrected chi connectivity index (χ3v) is 6.55. The second-order valence-electron chi connectivity index (χ2n) is 9.64. The first kappa shape index (κ1) is 23.2. The van der Waals surface area contributed by atoms with Crippen molar-refractivity contribution in [2.24, 2.45) is 0 Å². The Morgan fingerprint density at radius 1 is 1.06 bits per heavy atom. The topological polar surface area (TPSA) is 73.1 Å². The first-order valence-corrected chi connectivity index (χ1v) is 12.2. The van der Waals surface area contributed by atoms with Crippen LogP contribution in [0, 0.1) is 0 Å². The predicted octanol–water partition coefficient (Wildman–Crippen LogP) is 4.97. The van der Waals surface area contributed by atoms with Gasteiger partial charge < -0.3 is 9.64 Å². The number of Topliss-reactive ketones (excluding diaryl/α,β-unsaturated/α-hetero) is 1. The van der Waals surface area contributed by atoms with Crippen LogP contribution in [0.3, 0.4) is 0 Å². The van der Waals surface area contributed by atoms with Crippen molar-refractivity contribution >= 4 is 16.6 Å². The predicted molar refractivity (Wildman–Crippen MR) is 137 cm³/mol. The molecular formula is C28H31N5O2. The van der Waals surface area contributed by atoms with E-state index in [-0.39, 0.29) is 18.3 Å². The summed E-state index contributed by atoms with van der Waals surface area (Å²) in [6, 6.07) is 11.8. The van der Waals surface area contributed by atoms with Crippen molar-refractivity contribution in [2.45, 2.75) is 45.3 Å². The lowest BCUT2D eigenvalue weighted by Gasteiger charge is -2.29. The molecule has 1 aliphatic rings. The molecular weight excluding hydrogens is 438 g/mol. The van der Waals surface area contributed by atoms with Gasteiger partial charge in [-0.25, -0.2) is 0 Å². The van der Waals surface area contributed by atoms with Crippen LogP contribution < -0.4 is 4.74 Å². The van der Waals surface area contributed by atoms with E-state index in [9.17, 15) is 4.79 Å². The number of pyridine rings is 2. The van der Waals surface area contributed by atoms with Gasteiger partial charge in [-0.3, -0.25) is 19.4 Å². The molecule has 7 heteroatoms. The molecule has 180 valence electrons. The van der Waals surface area contributed by atoms with E-state index in [1.165, 1.54) is 0 Å². The molecule has 3 aromatic heterocycles. The van der Waals surface area contributed by atoms with E-state index in [1.54, 1.807) is 6.20 Å². The molecule has 1 saturated heterocycles. The van der Waals surface area contributed by atoms with Gasteiger partial charge in [0.25, 0.3) is 0 Å². The number of fused-ring (bicyclic) bond motifs is 1. The fourth-order valence-electron chi connectivity index (χ4n) is 4.40. The van der Waals surface area contributed by atoms with Crippen LogP contribution in [0.25, 0.3) is 22.0 Å². The van der Waals surface area contributed by atoms with Gasteiger partial charge in [0, 0.05) is 59.9 Å². The summed E-state index contributed by atoms with van der Waals surface area (Å²) in [6.07, 6.45) is 9.89. The quantitative estimate of drug-likeness (QED) is 0.356. The summed E-state index contributed by atoms with van der Waals surface area (Å²) in [7, 11) is 2.13. The van der Waals surface area contributed by atoms with Crippen molar-refractivity contribution in [1.82, 2.24) is 24.6 Å². The van der Waals surface area contributed by atoms with Crippen LogP contribution in [-0.2, 0) is 6.42 Å². The Morgan fingerprint density at radius 2 is 1.86 bits per heavy atom. The molecule has 1 fully saturated rings. The van der Waals surface area contributed by atoms with Crippen molar-refractivity contribution in [3.8, 4) is 17.0 Å². The number of hydrogen-bond donors (Lipinski definition) is 0. The van der Waals surface area contributed by atoms with Crippen LogP contribution in [0.15, 0.2) is 61.2 Å². The number of aromatic nitrogens is 4. The molecule has 7 nitrogen and oxygen atoms in total. The van der Waals surface area contributed by atoms with Crippen LogP contribution in [0.5, 0.6) is 5.75 Å². The van der Waals surface area contributed by atoms with Crippen LogP contribution in [0.2, 0.25) is 0 Å². The minimum absolute atomic E-state index is 0.0261. The van der Waals surface area contributed by atoms with Crippen molar-refractivity contribution in [3.63, 3.8) is 0 Å². The second-order valence-corrected chi connectivity index (χ2v) is 9.64. The number of hydrogen-bond acceptors (Lipinski definition) is 6. The highest BCUT2D eigenvalue weighted by atomic mass is 16.5. The molecule has 0 N–H and O–H groups in total. The van der Waals surface area contributed by atoms with Crippen molar-refractivity contribution in [2.75, 3.05) is 20.1 Å². The SMILES string of the molecule is CC(C)n1cc(-c2cc3cc(CC(=O)c4cccc(OC5CCN(C)CC5)c4)ncc3cn2)cn1. The average Bonchev–Trinajstić information content (AvgIpc) is 3.36. The molecule has 0 amide bonds. The minimum atomic E-state index is 0.0261. The molecule has 0 saturated carbocycles. The monoisotopic (exact) mass is 469 g/mol. The smallest absolute Gasteiger partial charge is 0.168 e. The third kappa shape index (κ3) is 5.41. The number of likely N-dealkylation sites (tertiary alicyclic amines) is 1. The standard InChI is InChI=1S/C28H31N5O2/c1-19(2)33-18-23(17-31-33)27-13-21-11-24(29-15-22(21)16-30-27)14-28(34)20-5-4-6-26(12-20)35-25-7-9-32(3)10-8-25/h4-6,11-13,15-19,25H,7-10,14H2,1-3H3. The number of carbonyl (C=O) groups excluding carboxylic acids is 1. The Kier molecular flexibility index (Phi) is 6.59. The van der Waals surface area contributed by atoms with Crippen molar-refractivity contribution in [1.29, 1.82) is 0 Å². The van der Waals surface area contributed by atoms with E-state index in [0.29, 0.717) is 11.6 Å². The van der Waals surface area contributed by atoms with Gasteiger partial charge in [-0.15, -0.1) is 0 Å². The summed E-state index contributed by atoms with van der Waals surface area (Å²) in [5, 5.41) is 6.36. The number of ether oxygens (including phenoxy) is 1. The van der Waals surface area contributed by atoms with Gasteiger partial charge in [0.05, 0.1) is 18.3 Å². The first-order valence-electron chi connectivity index (χ1n) is 12.2. The number of ketones is 1. The van der Waals surface area contributed by atoms with E-state index in [2.05, 4.69) is 40.9 Å². The van der Waals surface area contributed by atoms with Gasteiger partial charge in [-0.2, -0.15) is 5.10 Å². The molecule has 4 heterocycles. The molecule has 5 rings (SSSR count). The van der Waals surface area contributed by atoms with Gasteiger partial charge >= 0.3 is 0 Å². The number of rotatable bonds is 7. The average molecular weight is 470 g/mol. The van der Waals surface area contributed by atoms with Gasteiger partial charge in [-0.05, 0) is 63.4 Å². The first-order chi connectivity index (χ1) is 16.9. The van der Waals surface area contributed by atoms with E-state index < -0.39 is 0 Å². The molecule has 0 aliphatic carbocycles. The Morgan fingerprint density at radius 3 is 2.63 bits per heavy atom. The highest BCUT2D eigenvalue weighted by molar-refractivity contribution is 5.98. The number of piperidine rings is 1. The number of nitrogens with zero attached hydrogens (tertiary/aromatic N) is 5. The van der Waals surface area contributed by atoms with E-state index in [0.717, 1.165) is 59.4 Å². The summed E-state index contributed by atoms with van der Waals surface area (Å²) in [4.78, 5) is 24.5. The van der Waals surface area contributed by atoms with E-state index in [4.69, 9.17) is 4.74 Å². The molecule has 1 aliphatic heterocycles. The molecule has 0 unspecified atom stereocenters. The lowest BCUT2D eigenvalue weighted by atomic mass is 10.0. The lowest BCUT2D eigenvalue weighted by molar-refractivity contribution is 0.0988. The summed E-state index contributed by atoms with van der Waals surface area (Å²) in [5.41, 5.74) is 3.20. The Hall–Kier alpha value is -3.58. The van der Waals surface area contributed by atoms with Gasteiger partial charge in [-0.1, -0.05) is 12.1 Å². The zero-order valence-corrected chi connectivity index (χ0v) is 20.5.